The van der Waals surface area contributed by atoms with Crippen LogP contribution in [0.3, 0.4) is 0 Å². The van der Waals surface area contributed by atoms with Crippen LogP contribution in [0.25, 0.3) is 11.3 Å². The van der Waals surface area contributed by atoms with Crippen molar-refractivity contribution < 1.29 is 0 Å². The van der Waals surface area contributed by atoms with Crippen LogP contribution >= 0.6 is 11.3 Å². The molecule has 0 aliphatic heterocycles. The molecule has 13 heavy (non-hydrogen) atoms. The van der Waals surface area contributed by atoms with Gasteiger partial charge in [-0.2, -0.15) is 0 Å². The van der Waals surface area contributed by atoms with Gasteiger partial charge < -0.3 is 0 Å². The first-order valence-corrected chi connectivity index (χ1v) is 5.13. The molecule has 0 N–H and O–H groups in total. The van der Waals surface area contributed by atoms with Crippen molar-refractivity contribution in [1.82, 2.24) is 4.98 Å². The highest BCUT2D eigenvalue weighted by Crippen LogP contribution is 2.23. The summed E-state index contributed by atoms with van der Waals surface area (Å²) in [7, 11) is 0. The topological polar surface area (TPSA) is 12.9 Å². The van der Waals surface area contributed by atoms with Crippen LogP contribution in [0, 0.1) is 13.8 Å². The van der Waals surface area contributed by atoms with Gasteiger partial charge in [0.15, 0.2) is 0 Å². The Morgan fingerprint density at radius 1 is 1.23 bits per heavy atom. The molecule has 0 unspecified atom stereocenters. The number of hydrogen-bond acceptors (Lipinski definition) is 2. The standard InChI is InChI=1S/C11H11NS/c1-8-4-3-5-11(12-8)10-6-9(2)13-7-10/h3-7H,1-2H3. The minimum Gasteiger partial charge on any atom is -0.253 e. The summed E-state index contributed by atoms with van der Waals surface area (Å²) in [4.78, 5) is 5.80. The summed E-state index contributed by atoms with van der Waals surface area (Å²) in [5.74, 6) is 0. The lowest BCUT2D eigenvalue weighted by Gasteiger charge is -1.97. The third kappa shape index (κ3) is 1.78. The maximum absolute atomic E-state index is 4.46. The van der Waals surface area contributed by atoms with Gasteiger partial charge in [0, 0.05) is 21.5 Å². The molecule has 0 bridgehead atoms. The van der Waals surface area contributed by atoms with E-state index in [0.29, 0.717) is 0 Å². The van der Waals surface area contributed by atoms with Crippen LogP contribution in [-0.2, 0) is 0 Å². The van der Waals surface area contributed by atoms with Gasteiger partial charge in [-0.1, -0.05) is 6.07 Å². The average Bonchev–Trinajstić information content (AvgIpc) is 2.52. The molecule has 0 amide bonds. The lowest BCUT2D eigenvalue weighted by atomic mass is 10.2. The van der Waals surface area contributed by atoms with Crippen molar-refractivity contribution in [1.29, 1.82) is 0 Å². The zero-order chi connectivity index (χ0) is 9.26. The van der Waals surface area contributed by atoms with Gasteiger partial charge in [-0.05, 0) is 32.0 Å². The molecule has 66 valence electrons. The van der Waals surface area contributed by atoms with Crippen molar-refractivity contribution in [3.63, 3.8) is 0 Å². The van der Waals surface area contributed by atoms with Crippen molar-refractivity contribution in [2.75, 3.05) is 0 Å². The maximum atomic E-state index is 4.46. The lowest BCUT2D eigenvalue weighted by Crippen LogP contribution is -1.83. The van der Waals surface area contributed by atoms with Crippen LogP contribution in [0.2, 0.25) is 0 Å². The van der Waals surface area contributed by atoms with E-state index in [-0.39, 0.29) is 0 Å². The van der Waals surface area contributed by atoms with Crippen LogP contribution in [0.5, 0.6) is 0 Å². The molecule has 2 aromatic rings. The second kappa shape index (κ2) is 3.30. The zero-order valence-electron chi connectivity index (χ0n) is 7.74. The van der Waals surface area contributed by atoms with E-state index in [9.17, 15) is 0 Å². The van der Waals surface area contributed by atoms with E-state index >= 15 is 0 Å². The fourth-order valence-corrected chi connectivity index (χ4v) is 1.98. The van der Waals surface area contributed by atoms with E-state index < -0.39 is 0 Å². The summed E-state index contributed by atoms with van der Waals surface area (Å²) >= 11 is 1.77. The third-order valence-corrected chi connectivity index (χ3v) is 2.78. The lowest BCUT2D eigenvalue weighted by molar-refractivity contribution is 1.21. The van der Waals surface area contributed by atoms with E-state index in [2.05, 4.69) is 29.4 Å². The molecule has 1 nitrogen and oxygen atoms in total. The minimum atomic E-state index is 1.07. The van der Waals surface area contributed by atoms with Crippen molar-refractivity contribution >= 4 is 11.3 Å². The van der Waals surface area contributed by atoms with Crippen molar-refractivity contribution in [2.24, 2.45) is 0 Å². The smallest absolute Gasteiger partial charge is 0.0713 e. The van der Waals surface area contributed by atoms with Crippen LogP contribution < -0.4 is 0 Å². The summed E-state index contributed by atoms with van der Waals surface area (Å²) in [6.07, 6.45) is 0. The predicted molar refractivity (Wildman–Crippen MR) is 57.0 cm³/mol. The van der Waals surface area contributed by atoms with E-state index in [4.69, 9.17) is 0 Å². The van der Waals surface area contributed by atoms with Gasteiger partial charge in [-0.15, -0.1) is 11.3 Å². The predicted octanol–water partition coefficient (Wildman–Crippen LogP) is 3.43. The number of pyridine rings is 1. The number of thiophene rings is 1. The van der Waals surface area contributed by atoms with Gasteiger partial charge in [0.05, 0.1) is 5.69 Å². The molecule has 0 aromatic carbocycles. The fourth-order valence-electron chi connectivity index (χ4n) is 1.28. The highest BCUT2D eigenvalue weighted by molar-refractivity contribution is 7.10. The van der Waals surface area contributed by atoms with E-state index in [0.717, 1.165) is 11.4 Å². The van der Waals surface area contributed by atoms with E-state index in [1.807, 2.05) is 19.1 Å². The monoisotopic (exact) mass is 189 g/mol. The number of nitrogens with zero attached hydrogens (tertiary/aromatic N) is 1. The van der Waals surface area contributed by atoms with Gasteiger partial charge in [0.25, 0.3) is 0 Å². The first-order valence-electron chi connectivity index (χ1n) is 4.25. The van der Waals surface area contributed by atoms with E-state index in [1.54, 1.807) is 11.3 Å². The molecule has 0 radical (unpaired) electrons. The molecule has 2 aromatic heterocycles. The summed E-state index contributed by atoms with van der Waals surface area (Å²) in [6.45, 7) is 4.13. The molecule has 0 saturated heterocycles. The van der Waals surface area contributed by atoms with E-state index in [1.165, 1.54) is 10.4 Å². The molecular formula is C11H11NS. The Morgan fingerprint density at radius 3 is 2.69 bits per heavy atom. The largest absolute Gasteiger partial charge is 0.253 e. The molecule has 2 heteroatoms. The summed E-state index contributed by atoms with van der Waals surface area (Å²) in [5.41, 5.74) is 3.37. The number of aryl methyl sites for hydroxylation is 2. The SMILES string of the molecule is Cc1cccc(-c2csc(C)c2)n1. The first-order chi connectivity index (χ1) is 6.25. The summed E-state index contributed by atoms with van der Waals surface area (Å²) in [6, 6.07) is 8.29. The van der Waals surface area contributed by atoms with Crippen molar-refractivity contribution in [3.8, 4) is 11.3 Å². The van der Waals surface area contributed by atoms with Crippen LogP contribution in [0.1, 0.15) is 10.6 Å². The molecule has 0 spiro atoms. The second-order valence-corrected chi connectivity index (χ2v) is 4.23. The maximum Gasteiger partial charge on any atom is 0.0713 e. The quantitative estimate of drug-likeness (QED) is 0.669. The van der Waals surface area contributed by atoms with Gasteiger partial charge >= 0.3 is 0 Å². The molecular weight excluding hydrogens is 178 g/mol. The fraction of sp³-hybridized carbons (Fsp3) is 0.182. The van der Waals surface area contributed by atoms with Gasteiger partial charge in [-0.25, -0.2) is 0 Å². The van der Waals surface area contributed by atoms with Gasteiger partial charge in [-0.3, -0.25) is 4.98 Å². The van der Waals surface area contributed by atoms with Gasteiger partial charge in [0.2, 0.25) is 0 Å². The Bertz CT molecular complexity index is 418. The first kappa shape index (κ1) is 8.45. The molecule has 0 aliphatic rings. The number of hydrogen-bond donors (Lipinski definition) is 0. The Labute approximate surface area is 82.1 Å². The number of rotatable bonds is 1. The highest BCUT2D eigenvalue weighted by Gasteiger charge is 2.00. The number of aromatic nitrogens is 1. The second-order valence-electron chi connectivity index (χ2n) is 3.11. The van der Waals surface area contributed by atoms with Crippen molar-refractivity contribution in [2.45, 2.75) is 13.8 Å². The van der Waals surface area contributed by atoms with Crippen LogP contribution in [-0.4, -0.2) is 4.98 Å². The zero-order valence-corrected chi connectivity index (χ0v) is 8.56. The Kier molecular flexibility index (Phi) is 2.15. The molecule has 0 fully saturated rings. The van der Waals surface area contributed by atoms with Gasteiger partial charge in [0.1, 0.15) is 0 Å². The Morgan fingerprint density at radius 2 is 2.08 bits per heavy atom. The third-order valence-electron chi connectivity index (χ3n) is 1.91. The normalized spacial score (nSPS) is 10.3. The summed E-state index contributed by atoms with van der Waals surface area (Å²) < 4.78 is 0. The Balaban J connectivity index is 2.46. The average molecular weight is 189 g/mol. The highest BCUT2D eigenvalue weighted by atomic mass is 32.1. The molecule has 2 rings (SSSR count). The molecule has 2 heterocycles. The molecule has 0 saturated carbocycles. The summed E-state index contributed by atoms with van der Waals surface area (Å²) in [5, 5.41) is 2.15. The van der Waals surface area contributed by atoms with Crippen LogP contribution in [0.4, 0.5) is 0 Å². The van der Waals surface area contributed by atoms with Crippen molar-refractivity contribution in [3.05, 3.63) is 40.2 Å². The Hall–Kier alpha value is -1.15. The minimum absolute atomic E-state index is 1.07. The molecule has 0 aliphatic carbocycles. The van der Waals surface area contributed by atoms with Crippen LogP contribution in [0.15, 0.2) is 29.6 Å². The molecule has 0 atom stereocenters.